The fourth-order valence-corrected chi connectivity index (χ4v) is 2.29. The van der Waals surface area contributed by atoms with Gasteiger partial charge in [-0.1, -0.05) is 18.2 Å². The van der Waals surface area contributed by atoms with Crippen molar-refractivity contribution >= 4 is 11.8 Å². The number of nitrogens with zero attached hydrogens (tertiary/aromatic N) is 1. The summed E-state index contributed by atoms with van der Waals surface area (Å²) in [5, 5.41) is 6.02. The van der Waals surface area contributed by atoms with Crippen LogP contribution >= 0.6 is 0 Å². The molecular weight excluding hydrogens is 254 g/mol. The van der Waals surface area contributed by atoms with Gasteiger partial charge in [0.15, 0.2) is 0 Å². The van der Waals surface area contributed by atoms with Crippen molar-refractivity contribution in [3.8, 4) is 0 Å². The molecule has 0 aromatic heterocycles. The maximum atomic E-state index is 12.1. The Kier molecular flexibility index (Phi) is 5.12. The minimum atomic E-state index is -0.208. The first-order chi connectivity index (χ1) is 9.66. The number of benzene rings is 1. The van der Waals surface area contributed by atoms with Crippen molar-refractivity contribution in [2.24, 2.45) is 0 Å². The largest absolute Gasteiger partial charge is 0.343 e. The molecule has 0 saturated carbocycles. The second kappa shape index (κ2) is 7.05. The maximum absolute atomic E-state index is 12.1. The van der Waals surface area contributed by atoms with Crippen LogP contribution in [0.4, 0.5) is 0 Å². The molecular formula is C15H21N3O2. The van der Waals surface area contributed by atoms with E-state index in [1.807, 2.05) is 11.0 Å². The SMILES string of the molecule is CC1CN(C(=O)CNC(=O)c2ccccc2)CCCN1. The molecule has 2 rings (SSSR count). The Bertz CT molecular complexity index is 461. The van der Waals surface area contributed by atoms with Gasteiger partial charge in [-0.3, -0.25) is 9.59 Å². The third-order valence-electron chi connectivity index (χ3n) is 3.38. The molecule has 1 saturated heterocycles. The van der Waals surface area contributed by atoms with Crippen molar-refractivity contribution in [3.63, 3.8) is 0 Å². The van der Waals surface area contributed by atoms with Gasteiger partial charge in [0.05, 0.1) is 6.54 Å². The van der Waals surface area contributed by atoms with Gasteiger partial charge in [-0.25, -0.2) is 0 Å². The summed E-state index contributed by atoms with van der Waals surface area (Å²) in [6, 6.07) is 9.23. The van der Waals surface area contributed by atoms with Crippen molar-refractivity contribution < 1.29 is 9.59 Å². The van der Waals surface area contributed by atoms with Gasteiger partial charge < -0.3 is 15.5 Å². The zero-order valence-electron chi connectivity index (χ0n) is 11.8. The third-order valence-corrected chi connectivity index (χ3v) is 3.38. The Morgan fingerprint density at radius 1 is 1.35 bits per heavy atom. The predicted molar refractivity (Wildman–Crippen MR) is 77.4 cm³/mol. The molecule has 1 unspecified atom stereocenters. The highest BCUT2D eigenvalue weighted by Gasteiger charge is 2.19. The Balaban J connectivity index is 1.84. The zero-order valence-corrected chi connectivity index (χ0v) is 11.8. The van der Waals surface area contributed by atoms with Crippen LogP contribution in [0.25, 0.3) is 0 Å². The van der Waals surface area contributed by atoms with Gasteiger partial charge in [-0.05, 0) is 32.0 Å². The molecule has 0 radical (unpaired) electrons. The van der Waals surface area contributed by atoms with Gasteiger partial charge in [0.25, 0.3) is 5.91 Å². The highest BCUT2D eigenvalue weighted by Crippen LogP contribution is 2.01. The molecule has 20 heavy (non-hydrogen) atoms. The minimum Gasteiger partial charge on any atom is -0.343 e. The lowest BCUT2D eigenvalue weighted by molar-refractivity contribution is -0.130. The van der Waals surface area contributed by atoms with Crippen LogP contribution in [0.2, 0.25) is 0 Å². The van der Waals surface area contributed by atoms with Crippen molar-refractivity contribution in [3.05, 3.63) is 35.9 Å². The number of hydrogen-bond acceptors (Lipinski definition) is 3. The van der Waals surface area contributed by atoms with E-state index in [0.29, 0.717) is 18.2 Å². The summed E-state index contributed by atoms with van der Waals surface area (Å²) in [5.74, 6) is -0.232. The Hall–Kier alpha value is -1.88. The fraction of sp³-hybridized carbons (Fsp3) is 0.467. The number of nitrogens with one attached hydrogen (secondary N) is 2. The van der Waals surface area contributed by atoms with E-state index in [2.05, 4.69) is 17.6 Å². The highest BCUT2D eigenvalue weighted by atomic mass is 16.2. The molecule has 5 nitrogen and oxygen atoms in total. The van der Waals surface area contributed by atoms with E-state index in [1.54, 1.807) is 24.3 Å². The first-order valence-corrected chi connectivity index (χ1v) is 7.01. The maximum Gasteiger partial charge on any atom is 0.251 e. The molecule has 1 fully saturated rings. The monoisotopic (exact) mass is 275 g/mol. The van der Waals surface area contributed by atoms with Gasteiger partial charge in [0.2, 0.25) is 5.91 Å². The molecule has 0 spiro atoms. The van der Waals surface area contributed by atoms with Gasteiger partial charge in [0, 0.05) is 24.7 Å². The molecule has 108 valence electrons. The summed E-state index contributed by atoms with van der Waals surface area (Å²) in [6.07, 6.45) is 0.947. The van der Waals surface area contributed by atoms with Gasteiger partial charge >= 0.3 is 0 Å². The molecule has 0 aliphatic carbocycles. The van der Waals surface area contributed by atoms with Gasteiger partial charge in [0.1, 0.15) is 0 Å². The second-order valence-corrected chi connectivity index (χ2v) is 5.10. The van der Waals surface area contributed by atoms with Crippen molar-refractivity contribution in [2.75, 3.05) is 26.2 Å². The quantitative estimate of drug-likeness (QED) is 0.850. The number of carbonyl (C=O) groups excluding carboxylic acids is 2. The predicted octanol–water partition coefficient (Wildman–Crippen LogP) is 0.627. The molecule has 1 atom stereocenters. The lowest BCUT2D eigenvalue weighted by Gasteiger charge is -2.22. The van der Waals surface area contributed by atoms with Gasteiger partial charge in [-0.15, -0.1) is 0 Å². The molecule has 2 amide bonds. The summed E-state index contributed by atoms with van der Waals surface area (Å²) in [4.78, 5) is 25.8. The average molecular weight is 275 g/mol. The lowest BCUT2D eigenvalue weighted by atomic mass is 10.2. The fourth-order valence-electron chi connectivity index (χ4n) is 2.29. The summed E-state index contributed by atoms with van der Waals surface area (Å²) in [6.45, 7) is 4.49. The van der Waals surface area contributed by atoms with Crippen LogP contribution < -0.4 is 10.6 Å². The summed E-state index contributed by atoms with van der Waals surface area (Å²) >= 11 is 0. The van der Waals surface area contributed by atoms with Gasteiger partial charge in [-0.2, -0.15) is 0 Å². The Morgan fingerprint density at radius 3 is 2.85 bits per heavy atom. The summed E-state index contributed by atoms with van der Waals surface area (Å²) in [5.41, 5.74) is 0.575. The van der Waals surface area contributed by atoms with Crippen LogP contribution in [-0.4, -0.2) is 48.9 Å². The molecule has 5 heteroatoms. The molecule has 2 N–H and O–H groups in total. The standard InChI is InChI=1S/C15H21N3O2/c1-12-11-18(9-5-8-16-12)14(19)10-17-15(20)13-6-3-2-4-7-13/h2-4,6-7,12,16H,5,8-11H2,1H3,(H,17,20). The van der Waals surface area contributed by atoms with E-state index in [4.69, 9.17) is 0 Å². The van der Waals surface area contributed by atoms with E-state index in [9.17, 15) is 9.59 Å². The average Bonchev–Trinajstić information content (AvgIpc) is 2.70. The van der Waals surface area contributed by atoms with Crippen LogP contribution in [0.15, 0.2) is 30.3 Å². The molecule has 1 aromatic rings. The van der Waals surface area contributed by atoms with Crippen LogP contribution in [0.5, 0.6) is 0 Å². The lowest BCUT2D eigenvalue weighted by Crippen LogP contribution is -2.44. The second-order valence-electron chi connectivity index (χ2n) is 5.10. The number of rotatable bonds is 3. The number of hydrogen-bond donors (Lipinski definition) is 2. The Morgan fingerprint density at radius 2 is 2.10 bits per heavy atom. The molecule has 1 aliphatic heterocycles. The van der Waals surface area contributed by atoms with Crippen molar-refractivity contribution in [2.45, 2.75) is 19.4 Å². The van der Waals surface area contributed by atoms with E-state index >= 15 is 0 Å². The highest BCUT2D eigenvalue weighted by molar-refractivity contribution is 5.96. The third kappa shape index (κ3) is 4.06. The number of carbonyl (C=O) groups is 2. The summed E-state index contributed by atoms with van der Waals surface area (Å²) < 4.78 is 0. The number of amides is 2. The molecule has 1 aliphatic rings. The first-order valence-electron chi connectivity index (χ1n) is 7.01. The minimum absolute atomic E-state index is 0.0233. The van der Waals surface area contributed by atoms with Crippen LogP contribution in [0.3, 0.4) is 0 Å². The first kappa shape index (κ1) is 14.5. The normalized spacial score (nSPS) is 19.2. The Labute approximate surface area is 119 Å². The van der Waals surface area contributed by atoms with E-state index in [0.717, 1.165) is 19.5 Å². The topological polar surface area (TPSA) is 61.4 Å². The zero-order chi connectivity index (χ0) is 14.4. The smallest absolute Gasteiger partial charge is 0.251 e. The van der Waals surface area contributed by atoms with Crippen LogP contribution in [0.1, 0.15) is 23.7 Å². The van der Waals surface area contributed by atoms with Crippen LogP contribution in [-0.2, 0) is 4.79 Å². The van der Waals surface area contributed by atoms with Crippen molar-refractivity contribution in [1.29, 1.82) is 0 Å². The molecule has 0 bridgehead atoms. The van der Waals surface area contributed by atoms with E-state index < -0.39 is 0 Å². The van der Waals surface area contributed by atoms with Crippen LogP contribution in [0, 0.1) is 0 Å². The summed E-state index contributed by atoms with van der Waals surface area (Å²) in [7, 11) is 0. The van der Waals surface area contributed by atoms with Crippen molar-refractivity contribution in [1.82, 2.24) is 15.5 Å². The van der Waals surface area contributed by atoms with E-state index in [1.165, 1.54) is 0 Å². The van der Waals surface area contributed by atoms with E-state index in [-0.39, 0.29) is 18.4 Å². The molecule has 1 aromatic carbocycles. The molecule has 1 heterocycles.